The number of nitrogens with zero attached hydrogens (tertiary/aromatic N) is 1. The van der Waals surface area contributed by atoms with Crippen LogP contribution < -0.4 is 5.73 Å². The van der Waals surface area contributed by atoms with Gasteiger partial charge in [-0.3, -0.25) is 4.90 Å². The molecule has 0 aliphatic carbocycles. The number of rotatable bonds is 3. The van der Waals surface area contributed by atoms with Crippen molar-refractivity contribution < 1.29 is 0 Å². The normalized spacial score (nSPS) is 27.4. The van der Waals surface area contributed by atoms with Gasteiger partial charge in [0.25, 0.3) is 0 Å². The molecule has 0 radical (unpaired) electrons. The summed E-state index contributed by atoms with van der Waals surface area (Å²) in [6.45, 7) is 5.25. The first-order valence-electron chi connectivity index (χ1n) is 5.37. The van der Waals surface area contributed by atoms with E-state index in [1.54, 1.807) is 11.3 Å². The number of likely N-dealkylation sites (tertiary alicyclic amines) is 1. The van der Waals surface area contributed by atoms with Gasteiger partial charge in [0.1, 0.15) is 0 Å². The zero-order valence-electron chi connectivity index (χ0n) is 8.95. The molecule has 1 aliphatic heterocycles. The predicted molar refractivity (Wildman–Crippen MR) is 66.4 cm³/mol. The summed E-state index contributed by atoms with van der Waals surface area (Å²) in [5.41, 5.74) is 5.71. The van der Waals surface area contributed by atoms with Crippen LogP contribution in [0.2, 0.25) is 4.34 Å². The van der Waals surface area contributed by atoms with E-state index in [4.69, 9.17) is 17.3 Å². The fourth-order valence-corrected chi connectivity index (χ4v) is 3.36. The van der Waals surface area contributed by atoms with Crippen LogP contribution in [0.4, 0.5) is 0 Å². The standard InChI is InChI=1S/C11H17ClN2S/c1-8-4-9(5-13)6-14(8)7-10-2-3-11(12)15-10/h2-3,8-9H,4-7,13H2,1H3. The van der Waals surface area contributed by atoms with Gasteiger partial charge < -0.3 is 5.73 Å². The molecule has 0 amide bonds. The van der Waals surface area contributed by atoms with E-state index in [9.17, 15) is 0 Å². The van der Waals surface area contributed by atoms with Crippen molar-refractivity contribution in [3.05, 3.63) is 21.3 Å². The van der Waals surface area contributed by atoms with Crippen LogP contribution in [-0.2, 0) is 6.54 Å². The van der Waals surface area contributed by atoms with E-state index < -0.39 is 0 Å². The van der Waals surface area contributed by atoms with E-state index in [2.05, 4.69) is 17.9 Å². The van der Waals surface area contributed by atoms with Gasteiger partial charge in [0.05, 0.1) is 4.34 Å². The quantitative estimate of drug-likeness (QED) is 0.886. The molecule has 2 heterocycles. The van der Waals surface area contributed by atoms with Crippen LogP contribution in [0.1, 0.15) is 18.2 Å². The maximum atomic E-state index is 5.92. The number of halogens is 1. The molecule has 1 saturated heterocycles. The molecule has 0 saturated carbocycles. The molecule has 15 heavy (non-hydrogen) atoms. The summed E-state index contributed by atoms with van der Waals surface area (Å²) in [5.74, 6) is 0.676. The average molecular weight is 245 g/mol. The molecule has 84 valence electrons. The van der Waals surface area contributed by atoms with E-state index in [-0.39, 0.29) is 0 Å². The lowest BCUT2D eigenvalue weighted by Gasteiger charge is -2.19. The zero-order chi connectivity index (χ0) is 10.8. The topological polar surface area (TPSA) is 29.3 Å². The summed E-state index contributed by atoms with van der Waals surface area (Å²) in [5, 5.41) is 0. The minimum absolute atomic E-state index is 0.652. The van der Waals surface area contributed by atoms with Crippen molar-refractivity contribution in [2.75, 3.05) is 13.1 Å². The largest absolute Gasteiger partial charge is 0.330 e. The van der Waals surface area contributed by atoms with Crippen LogP contribution in [-0.4, -0.2) is 24.0 Å². The zero-order valence-corrected chi connectivity index (χ0v) is 10.5. The Morgan fingerprint density at radius 3 is 2.93 bits per heavy atom. The van der Waals surface area contributed by atoms with Crippen molar-refractivity contribution in [2.45, 2.75) is 25.9 Å². The Morgan fingerprint density at radius 1 is 1.60 bits per heavy atom. The van der Waals surface area contributed by atoms with Gasteiger partial charge in [-0.2, -0.15) is 0 Å². The molecule has 1 aromatic heterocycles. The molecule has 2 atom stereocenters. The maximum absolute atomic E-state index is 5.92. The highest BCUT2D eigenvalue weighted by Crippen LogP contribution is 2.28. The van der Waals surface area contributed by atoms with Gasteiger partial charge >= 0.3 is 0 Å². The van der Waals surface area contributed by atoms with E-state index in [0.29, 0.717) is 12.0 Å². The van der Waals surface area contributed by atoms with Crippen LogP contribution in [0.5, 0.6) is 0 Å². The Morgan fingerprint density at radius 2 is 2.40 bits per heavy atom. The molecular formula is C11H17ClN2S. The molecule has 0 aromatic carbocycles. The smallest absolute Gasteiger partial charge is 0.0931 e. The Hall–Kier alpha value is -0.0900. The Labute approximate surface area is 100 Å². The number of hydrogen-bond acceptors (Lipinski definition) is 3. The summed E-state index contributed by atoms with van der Waals surface area (Å²) < 4.78 is 0.882. The monoisotopic (exact) mass is 244 g/mol. The van der Waals surface area contributed by atoms with Crippen molar-refractivity contribution in [3.63, 3.8) is 0 Å². The van der Waals surface area contributed by atoms with Crippen molar-refractivity contribution in [3.8, 4) is 0 Å². The second kappa shape index (κ2) is 4.83. The molecule has 0 bridgehead atoms. The fourth-order valence-electron chi connectivity index (χ4n) is 2.25. The first-order valence-corrected chi connectivity index (χ1v) is 6.57. The summed E-state index contributed by atoms with van der Waals surface area (Å²) in [6.07, 6.45) is 1.23. The highest BCUT2D eigenvalue weighted by atomic mass is 35.5. The SMILES string of the molecule is CC1CC(CN)CN1Cc1ccc(Cl)s1. The minimum Gasteiger partial charge on any atom is -0.330 e. The Kier molecular flexibility index (Phi) is 3.67. The number of hydrogen-bond donors (Lipinski definition) is 1. The van der Waals surface area contributed by atoms with Crippen molar-refractivity contribution >= 4 is 22.9 Å². The lowest BCUT2D eigenvalue weighted by Crippen LogP contribution is -2.26. The number of nitrogens with two attached hydrogens (primary N) is 1. The number of thiophene rings is 1. The Bertz CT molecular complexity index is 326. The van der Waals surface area contributed by atoms with Crippen LogP contribution in [0.15, 0.2) is 12.1 Å². The molecule has 1 fully saturated rings. The first kappa shape index (κ1) is 11.4. The first-order chi connectivity index (χ1) is 7.19. The van der Waals surface area contributed by atoms with Gasteiger partial charge in [0.15, 0.2) is 0 Å². The minimum atomic E-state index is 0.652. The molecule has 0 spiro atoms. The van der Waals surface area contributed by atoms with Crippen LogP contribution in [0.25, 0.3) is 0 Å². The lowest BCUT2D eigenvalue weighted by molar-refractivity contribution is 0.258. The molecule has 1 aromatic rings. The van der Waals surface area contributed by atoms with Gasteiger partial charge in [0, 0.05) is 24.0 Å². The predicted octanol–water partition coefficient (Wildman–Crippen LogP) is 2.57. The third-order valence-corrected chi connectivity index (χ3v) is 4.33. The lowest BCUT2D eigenvalue weighted by atomic mass is 10.1. The average Bonchev–Trinajstić information content (AvgIpc) is 2.75. The van der Waals surface area contributed by atoms with Crippen LogP contribution in [0, 0.1) is 5.92 Å². The molecule has 2 nitrogen and oxygen atoms in total. The fraction of sp³-hybridized carbons (Fsp3) is 0.636. The van der Waals surface area contributed by atoms with E-state index in [0.717, 1.165) is 24.0 Å². The summed E-state index contributed by atoms with van der Waals surface area (Å²) >= 11 is 7.60. The summed E-state index contributed by atoms with van der Waals surface area (Å²) in [4.78, 5) is 3.85. The second-order valence-corrected chi connectivity index (χ2v) is 6.12. The third-order valence-electron chi connectivity index (χ3n) is 3.11. The highest BCUT2D eigenvalue weighted by Gasteiger charge is 2.27. The van der Waals surface area contributed by atoms with Gasteiger partial charge in [-0.1, -0.05) is 11.6 Å². The van der Waals surface area contributed by atoms with E-state index >= 15 is 0 Å². The third kappa shape index (κ3) is 2.72. The van der Waals surface area contributed by atoms with Gasteiger partial charge in [-0.15, -0.1) is 11.3 Å². The van der Waals surface area contributed by atoms with Crippen LogP contribution >= 0.6 is 22.9 Å². The highest BCUT2D eigenvalue weighted by molar-refractivity contribution is 7.16. The van der Waals surface area contributed by atoms with Crippen molar-refractivity contribution in [2.24, 2.45) is 11.7 Å². The van der Waals surface area contributed by atoms with E-state index in [1.165, 1.54) is 11.3 Å². The summed E-state index contributed by atoms with van der Waals surface area (Å²) in [6, 6.07) is 4.75. The van der Waals surface area contributed by atoms with Crippen molar-refractivity contribution in [1.82, 2.24) is 4.90 Å². The molecule has 2 N–H and O–H groups in total. The van der Waals surface area contributed by atoms with Crippen molar-refractivity contribution in [1.29, 1.82) is 0 Å². The van der Waals surface area contributed by atoms with Gasteiger partial charge in [-0.25, -0.2) is 0 Å². The van der Waals surface area contributed by atoms with E-state index in [1.807, 2.05) is 6.07 Å². The molecule has 1 aliphatic rings. The molecular weight excluding hydrogens is 228 g/mol. The van der Waals surface area contributed by atoms with Crippen LogP contribution in [0.3, 0.4) is 0 Å². The van der Waals surface area contributed by atoms with Gasteiger partial charge in [-0.05, 0) is 37.9 Å². The molecule has 2 unspecified atom stereocenters. The summed E-state index contributed by atoms with van der Waals surface area (Å²) in [7, 11) is 0. The molecule has 4 heteroatoms. The maximum Gasteiger partial charge on any atom is 0.0931 e. The molecule has 2 rings (SSSR count). The second-order valence-electron chi connectivity index (χ2n) is 4.32. The van der Waals surface area contributed by atoms with Gasteiger partial charge in [0.2, 0.25) is 0 Å². The Balaban J connectivity index is 1.95.